The van der Waals surface area contributed by atoms with E-state index >= 15 is 0 Å². The summed E-state index contributed by atoms with van der Waals surface area (Å²) < 4.78 is 13.3. The number of nitrogens with zero attached hydrogens (tertiary/aromatic N) is 3. The first-order valence-corrected chi connectivity index (χ1v) is 10.5. The Morgan fingerprint density at radius 1 is 1.23 bits per heavy atom. The van der Waals surface area contributed by atoms with Gasteiger partial charge in [0.05, 0.1) is 12.6 Å². The fourth-order valence-corrected chi connectivity index (χ4v) is 3.61. The first-order chi connectivity index (χ1) is 14.5. The van der Waals surface area contributed by atoms with E-state index in [2.05, 4.69) is 13.8 Å². The minimum Gasteiger partial charge on any atom is -0.616 e. The molecule has 0 spiro atoms. The van der Waals surface area contributed by atoms with Crippen molar-refractivity contribution < 1.29 is 19.0 Å². The standard InChI is InChI=1S/C24H31N3O4/c1-15(2)12-19-16(3)27(29)22(30-7)20(25-19)13-17-14-26(23(28)31-24(4,5)6)21-11-9-8-10-18(17)21/h8-11,14-15H,12-13H2,1-7H3. The summed E-state index contributed by atoms with van der Waals surface area (Å²) in [7, 11) is 1.47. The summed E-state index contributed by atoms with van der Waals surface area (Å²) in [5, 5.41) is 13.7. The van der Waals surface area contributed by atoms with Gasteiger partial charge in [-0.1, -0.05) is 32.0 Å². The minimum atomic E-state index is -0.607. The highest BCUT2D eigenvalue weighted by atomic mass is 16.6. The van der Waals surface area contributed by atoms with Gasteiger partial charge in [-0.15, -0.1) is 4.73 Å². The van der Waals surface area contributed by atoms with Crippen LogP contribution in [-0.2, 0) is 17.6 Å². The summed E-state index contributed by atoms with van der Waals surface area (Å²) in [5.41, 5.74) is 2.86. The van der Waals surface area contributed by atoms with Crippen molar-refractivity contribution in [3.05, 3.63) is 58.3 Å². The predicted molar refractivity (Wildman–Crippen MR) is 119 cm³/mol. The van der Waals surface area contributed by atoms with Gasteiger partial charge in [0, 0.05) is 24.9 Å². The van der Waals surface area contributed by atoms with Crippen LogP contribution in [0, 0.1) is 18.0 Å². The maximum atomic E-state index is 12.8. The van der Waals surface area contributed by atoms with Gasteiger partial charge in [0.15, 0.2) is 5.69 Å². The van der Waals surface area contributed by atoms with Crippen molar-refractivity contribution in [1.29, 1.82) is 0 Å². The number of ether oxygens (including phenoxy) is 2. The number of hydrogen-bond donors (Lipinski definition) is 0. The van der Waals surface area contributed by atoms with Crippen LogP contribution in [0.4, 0.5) is 4.79 Å². The van der Waals surface area contributed by atoms with Crippen LogP contribution in [0.2, 0.25) is 0 Å². The van der Waals surface area contributed by atoms with Crippen LogP contribution in [-0.4, -0.2) is 28.4 Å². The SMILES string of the molecule is COc1c(Cc2cn(C(=O)OC(C)(C)C)c3ccccc23)nc(CC(C)C)c(C)[n+]1[O-]. The predicted octanol–water partition coefficient (Wildman–Crippen LogP) is 4.56. The lowest BCUT2D eigenvalue weighted by molar-refractivity contribution is -0.620. The van der Waals surface area contributed by atoms with Crippen molar-refractivity contribution >= 4 is 17.0 Å². The molecule has 0 fully saturated rings. The summed E-state index contributed by atoms with van der Waals surface area (Å²) in [6.07, 6.45) is 2.37. The zero-order valence-corrected chi connectivity index (χ0v) is 19.4. The number of benzene rings is 1. The number of methoxy groups -OCH3 is 1. The number of hydrogen-bond acceptors (Lipinski definition) is 5. The van der Waals surface area contributed by atoms with Gasteiger partial charge >= 0.3 is 12.0 Å². The average Bonchev–Trinajstić information content (AvgIpc) is 3.03. The highest BCUT2D eigenvalue weighted by Crippen LogP contribution is 2.27. The summed E-state index contributed by atoms with van der Waals surface area (Å²) in [5.74, 6) is 0.542. The number of para-hydroxylation sites is 1. The zero-order valence-electron chi connectivity index (χ0n) is 19.4. The lowest BCUT2D eigenvalue weighted by atomic mass is 10.0. The van der Waals surface area contributed by atoms with E-state index in [1.165, 1.54) is 11.7 Å². The van der Waals surface area contributed by atoms with Crippen molar-refractivity contribution in [3.63, 3.8) is 0 Å². The molecule has 0 unspecified atom stereocenters. The average molecular weight is 426 g/mol. The summed E-state index contributed by atoms with van der Waals surface area (Å²) >= 11 is 0. The molecular weight excluding hydrogens is 394 g/mol. The molecule has 0 radical (unpaired) electrons. The molecule has 2 aromatic heterocycles. The van der Waals surface area contributed by atoms with Crippen molar-refractivity contribution in [3.8, 4) is 5.88 Å². The summed E-state index contributed by atoms with van der Waals surface area (Å²) in [4.78, 5) is 17.6. The third-order valence-corrected chi connectivity index (χ3v) is 4.96. The number of rotatable bonds is 5. The van der Waals surface area contributed by atoms with Gasteiger partial charge in [0.2, 0.25) is 5.69 Å². The Balaban J connectivity index is 2.10. The summed E-state index contributed by atoms with van der Waals surface area (Å²) in [6.45, 7) is 11.5. The van der Waals surface area contributed by atoms with Gasteiger partial charge in [-0.05, 0) is 44.7 Å². The fraction of sp³-hybridized carbons (Fsp3) is 0.458. The zero-order chi connectivity index (χ0) is 22.9. The van der Waals surface area contributed by atoms with Gasteiger partial charge in [-0.25, -0.2) is 9.78 Å². The highest BCUT2D eigenvalue weighted by molar-refractivity contribution is 5.92. The van der Waals surface area contributed by atoms with Crippen LogP contribution < -0.4 is 9.47 Å². The maximum absolute atomic E-state index is 12.8. The molecule has 0 aliphatic rings. The molecule has 0 bridgehead atoms. The number of carbonyl (C=O) groups is 1. The topological polar surface area (TPSA) is 80.3 Å². The highest BCUT2D eigenvalue weighted by Gasteiger charge is 2.25. The second kappa shape index (κ2) is 8.57. The molecule has 166 valence electrons. The number of fused-ring (bicyclic) bond motifs is 1. The smallest absolute Gasteiger partial charge is 0.419 e. The molecule has 0 N–H and O–H groups in total. The van der Waals surface area contributed by atoms with E-state index in [9.17, 15) is 10.0 Å². The molecule has 0 saturated heterocycles. The van der Waals surface area contributed by atoms with Gasteiger partial charge in [0.25, 0.3) is 0 Å². The Kier molecular flexibility index (Phi) is 6.25. The normalized spacial score (nSPS) is 11.9. The lowest BCUT2D eigenvalue weighted by Crippen LogP contribution is -2.36. The third-order valence-electron chi connectivity index (χ3n) is 4.96. The molecular formula is C24H31N3O4. The van der Waals surface area contributed by atoms with Gasteiger partial charge < -0.3 is 14.7 Å². The first kappa shape index (κ1) is 22.6. The molecule has 1 aromatic carbocycles. The molecule has 31 heavy (non-hydrogen) atoms. The van der Waals surface area contributed by atoms with Crippen LogP contribution >= 0.6 is 0 Å². The van der Waals surface area contributed by atoms with Crippen LogP contribution in [0.25, 0.3) is 10.9 Å². The van der Waals surface area contributed by atoms with Crippen LogP contribution in [0.15, 0.2) is 30.5 Å². The largest absolute Gasteiger partial charge is 0.616 e. The van der Waals surface area contributed by atoms with E-state index in [1.807, 2.05) is 45.0 Å². The Hall–Kier alpha value is -3.09. The Morgan fingerprint density at radius 2 is 1.90 bits per heavy atom. The van der Waals surface area contributed by atoms with E-state index in [0.717, 1.165) is 26.9 Å². The van der Waals surface area contributed by atoms with E-state index in [1.54, 1.807) is 13.1 Å². The van der Waals surface area contributed by atoms with Crippen LogP contribution in [0.5, 0.6) is 5.88 Å². The molecule has 3 rings (SSSR count). The molecule has 2 heterocycles. The van der Waals surface area contributed by atoms with Crippen LogP contribution in [0.1, 0.15) is 57.3 Å². The monoisotopic (exact) mass is 425 g/mol. The Bertz CT molecular complexity index is 1110. The third kappa shape index (κ3) is 4.81. The van der Waals surface area contributed by atoms with E-state index in [-0.39, 0.29) is 5.88 Å². The van der Waals surface area contributed by atoms with Crippen molar-refractivity contribution in [1.82, 2.24) is 9.55 Å². The van der Waals surface area contributed by atoms with Crippen molar-refractivity contribution in [2.24, 2.45) is 5.92 Å². The second-order valence-corrected chi connectivity index (χ2v) is 9.19. The van der Waals surface area contributed by atoms with Gasteiger partial charge in [0.1, 0.15) is 11.3 Å². The minimum absolute atomic E-state index is 0.180. The van der Waals surface area contributed by atoms with E-state index < -0.39 is 11.7 Å². The van der Waals surface area contributed by atoms with Crippen LogP contribution in [0.3, 0.4) is 0 Å². The number of aromatic nitrogens is 3. The van der Waals surface area contributed by atoms with E-state index in [0.29, 0.717) is 30.1 Å². The molecule has 3 aromatic rings. The van der Waals surface area contributed by atoms with E-state index in [4.69, 9.17) is 14.5 Å². The molecule has 0 aliphatic heterocycles. The van der Waals surface area contributed by atoms with Gasteiger partial charge in [-0.2, -0.15) is 0 Å². The van der Waals surface area contributed by atoms with Crippen molar-refractivity contribution in [2.45, 2.75) is 60.0 Å². The molecule has 0 aliphatic carbocycles. The molecule has 0 saturated carbocycles. The quantitative estimate of drug-likeness (QED) is 0.442. The molecule has 7 heteroatoms. The number of carbonyl (C=O) groups excluding carboxylic acids is 1. The maximum Gasteiger partial charge on any atom is 0.419 e. The molecule has 7 nitrogen and oxygen atoms in total. The first-order valence-electron chi connectivity index (χ1n) is 10.5. The summed E-state index contributed by atoms with van der Waals surface area (Å²) in [6, 6.07) is 7.63. The second-order valence-electron chi connectivity index (χ2n) is 9.19. The lowest BCUT2D eigenvalue weighted by Gasteiger charge is -2.19. The molecule has 0 amide bonds. The van der Waals surface area contributed by atoms with Gasteiger partial charge in [-0.3, -0.25) is 4.57 Å². The Labute approximate surface area is 183 Å². The molecule has 0 atom stereocenters. The fourth-order valence-electron chi connectivity index (χ4n) is 3.61. The Morgan fingerprint density at radius 3 is 2.52 bits per heavy atom. The van der Waals surface area contributed by atoms with Crippen molar-refractivity contribution in [2.75, 3.05) is 7.11 Å².